The van der Waals surface area contributed by atoms with Crippen molar-refractivity contribution >= 4 is 11.6 Å². The molecule has 0 aliphatic heterocycles. The van der Waals surface area contributed by atoms with E-state index < -0.39 is 0 Å². The highest BCUT2D eigenvalue weighted by atomic mass is 16.5. The smallest absolute Gasteiger partial charge is 0.224 e. The second-order valence-corrected chi connectivity index (χ2v) is 5.81. The summed E-state index contributed by atoms with van der Waals surface area (Å²) in [6, 6.07) is 15.8. The summed E-state index contributed by atoms with van der Waals surface area (Å²) in [6.07, 6.45) is 2.01. The second kappa shape index (κ2) is 9.85. The monoisotopic (exact) mass is 327 g/mol. The van der Waals surface area contributed by atoms with Crippen molar-refractivity contribution in [2.24, 2.45) is 0 Å². The number of aliphatic hydroxyl groups excluding tert-OH is 1. The molecule has 2 N–H and O–H groups in total. The number of hydrogen-bond donors (Lipinski definition) is 2. The van der Waals surface area contributed by atoms with Crippen molar-refractivity contribution in [1.29, 1.82) is 0 Å². The van der Waals surface area contributed by atoms with Crippen LogP contribution in [0.1, 0.15) is 29.5 Å². The summed E-state index contributed by atoms with van der Waals surface area (Å²) in [4.78, 5) is 12.0. The SMILES string of the molecule is Cc1ccc(CO)cc1NC(=O)CCCOCCc1ccccc1. The summed E-state index contributed by atoms with van der Waals surface area (Å²) in [5, 5.41) is 12.1. The fourth-order valence-electron chi connectivity index (χ4n) is 2.39. The molecule has 0 atom stereocenters. The van der Waals surface area contributed by atoms with E-state index in [0.717, 1.165) is 23.2 Å². The van der Waals surface area contributed by atoms with Gasteiger partial charge in [0.25, 0.3) is 0 Å². The Kier molecular flexibility index (Phi) is 7.46. The predicted molar refractivity (Wildman–Crippen MR) is 95.9 cm³/mol. The van der Waals surface area contributed by atoms with E-state index in [4.69, 9.17) is 9.84 Å². The fraction of sp³-hybridized carbons (Fsp3) is 0.350. The molecule has 2 aromatic carbocycles. The first-order valence-corrected chi connectivity index (χ1v) is 8.31. The van der Waals surface area contributed by atoms with Gasteiger partial charge in [-0.1, -0.05) is 42.5 Å². The minimum Gasteiger partial charge on any atom is -0.392 e. The van der Waals surface area contributed by atoms with Crippen LogP contribution in [0, 0.1) is 6.92 Å². The Hall–Kier alpha value is -2.17. The number of benzene rings is 2. The van der Waals surface area contributed by atoms with Crippen molar-refractivity contribution in [2.45, 2.75) is 32.8 Å². The Balaban J connectivity index is 1.63. The maximum Gasteiger partial charge on any atom is 0.224 e. The summed E-state index contributed by atoms with van der Waals surface area (Å²) in [7, 11) is 0. The van der Waals surface area contributed by atoms with E-state index in [9.17, 15) is 4.79 Å². The van der Waals surface area contributed by atoms with Crippen LogP contribution in [0.3, 0.4) is 0 Å². The number of anilines is 1. The zero-order valence-electron chi connectivity index (χ0n) is 14.1. The Morgan fingerprint density at radius 1 is 1.08 bits per heavy atom. The lowest BCUT2D eigenvalue weighted by atomic mass is 10.1. The molecule has 0 fully saturated rings. The molecule has 2 aromatic rings. The van der Waals surface area contributed by atoms with Crippen molar-refractivity contribution in [3.05, 3.63) is 65.2 Å². The molecule has 1 amide bonds. The number of aryl methyl sites for hydroxylation is 1. The first kappa shape index (κ1) is 18.2. The molecule has 0 heterocycles. The molecule has 2 rings (SSSR count). The molecular formula is C20H25NO3. The largest absolute Gasteiger partial charge is 0.392 e. The third kappa shape index (κ3) is 6.14. The van der Waals surface area contributed by atoms with E-state index in [1.165, 1.54) is 5.56 Å². The third-order valence-corrected chi connectivity index (χ3v) is 3.83. The molecular weight excluding hydrogens is 302 g/mol. The standard InChI is InChI=1S/C20H25NO3/c1-16-9-10-18(15-22)14-19(16)21-20(23)8-5-12-24-13-11-17-6-3-2-4-7-17/h2-4,6-7,9-10,14,22H,5,8,11-13,15H2,1H3,(H,21,23). The van der Waals surface area contributed by atoms with Crippen molar-refractivity contribution < 1.29 is 14.6 Å². The Labute approximate surface area is 143 Å². The van der Waals surface area contributed by atoms with Gasteiger partial charge in [0.2, 0.25) is 5.91 Å². The molecule has 0 aliphatic carbocycles. The zero-order valence-corrected chi connectivity index (χ0v) is 14.1. The molecule has 4 heteroatoms. The Morgan fingerprint density at radius 2 is 1.88 bits per heavy atom. The van der Waals surface area contributed by atoms with Crippen LogP contribution in [0.15, 0.2) is 48.5 Å². The van der Waals surface area contributed by atoms with E-state index in [0.29, 0.717) is 26.1 Å². The van der Waals surface area contributed by atoms with Gasteiger partial charge in [0, 0.05) is 18.7 Å². The lowest BCUT2D eigenvalue weighted by molar-refractivity contribution is -0.116. The highest BCUT2D eigenvalue weighted by Gasteiger charge is 2.06. The molecule has 0 spiro atoms. The van der Waals surface area contributed by atoms with Gasteiger partial charge in [-0.05, 0) is 42.5 Å². The number of aliphatic hydroxyl groups is 1. The highest BCUT2D eigenvalue weighted by Crippen LogP contribution is 2.17. The average Bonchev–Trinajstić information content (AvgIpc) is 2.61. The lowest BCUT2D eigenvalue weighted by Crippen LogP contribution is -2.13. The first-order chi connectivity index (χ1) is 11.7. The number of rotatable bonds is 9. The van der Waals surface area contributed by atoms with Gasteiger partial charge in [-0.3, -0.25) is 4.79 Å². The minimum atomic E-state index is -0.0294. The second-order valence-electron chi connectivity index (χ2n) is 5.81. The van der Waals surface area contributed by atoms with Crippen LogP contribution >= 0.6 is 0 Å². The number of carbonyl (C=O) groups excluding carboxylic acids is 1. The topological polar surface area (TPSA) is 58.6 Å². The minimum absolute atomic E-state index is 0.0279. The average molecular weight is 327 g/mol. The van der Waals surface area contributed by atoms with Crippen LogP contribution < -0.4 is 5.32 Å². The van der Waals surface area contributed by atoms with Crippen molar-refractivity contribution in [3.8, 4) is 0 Å². The summed E-state index contributed by atoms with van der Waals surface area (Å²) < 4.78 is 5.59. The van der Waals surface area contributed by atoms with E-state index in [-0.39, 0.29) is 12.5 Å². The molecule has 0 aromatic heterocycles. The van der Waals surface area contributed by atoms with Crippen LogP contribution in [0.25, 0.3) is 0 Å². The maximum atomic E-state index is 12.0. The van der Waals surface area contributed by atoms with Gasteiger partial charge < -0.3 is 15.2 Å². The normalized spacial score (nSPS) is 10.6. The van der Waals surface area contributed by atoms with Gasteiger partial charge in [0.1, 0.15) is 0 Å². The third-order valence-electron chi connectivity index (χ3n) is 3.83. The summed E-state index contributed by atoms with van der Waals surface area (Å²) >= 11 is 0. The van der Waals surface area contributed by atoms with Crippen LogP contribution in [0.5, 0.6) is 0 Å². The number of amides is 1. The molecule has 24 heavy (non-hydrogen) atoms. The van der Waals surface area contributed by atoms with Gasteiger partial charge >= 0.3 is 0 Å². The summed E-state index contributed by atoms with van der Waals surface area (Å²) in [5.41, 5.74) is 3.80. The molecule has 0 saturated carbocycles. The molecule has 0 aliphatic rings. The Morgan fingerprint density at radius 3 is 2.62 bits per heavy atom. The van der Waals surface area contributed by atoms with Gasteiger partial charge in [-0.25, -0.2) is 0 Å². The van der Waals surface area contributed by atoms with Crippen LogP contribution in [0.2, 0.25) is 0 Å². The Bertz CT molecular complexity index is 641. The van der Waals surface area contributed by atoms with Crippen LogP contribution in [-0.4, -0.2) is 24.2 Å². The van der Waals surface area contributed by atoms with E-state index in [2.05, 4.69) is 17.4 Å². The van der Waals surface area contributed by atoms with E-state index in [1.54, 1.807) is 0 Å². The number of nitrogens with one attached hydrogen (secondary N) is 1. The summed E-state index contributed by atoms with van der Waals surface area (Å²) in [5.74, 6) is -0.0279. The quantitative estimate of drug-likeness (QED) is 0.693. The fourth-order valence-corrected chi connectivity index (χ4v) is 2.39. The zero-order chi connectivity index (χ0) is 17.2. The lowest BCUT2D eigenvalue weighted by Gasteiger charge is -2.10. The molecule has 0 bridgehead atoms. The van der Waals surface area contributed by atoms with Crippen molar-refractivity contribution in [1.82, 2.24) is 0 Å². The van der Waals surface area contributed by atoms with Crippen LogP contribution in [-0.2, 0) is 22.6 Å². The van der Waals surface area contributed by atoms with Gasteiger partial charge in [0.15, 0.2) is 0 Å². The predicted octanol–water partition coefficient (Wildman–Crippen LogP) is 3.47. The van der Waals surface area contributed by atoms with Crippen molar-refractivity contribution in [2.75, 3.05) is 18.5 Å². The molecule has 4 nitrogen and oxygen atoms in total. The van der Waals surface area contributed by atoms with E-state index in [1.807, 2.05) is 43.3 Å². The van der Waals surface area contributed by atoms with Gasteiger partial charge in [-0.15, -0.1) is 0 Å². The van der Waals surface area contributed by atoms with E-state index >= 15 is 0 Å². The molecule has 0 unspecified atom stereocenters. The molecule has 0 saturated heterocycles. The van der Waals surface area contributed by atoms with Gasteiger partial charge in [0.05, 0.1) is 13.2 Å². The highest BCUT2D eigenvalue weighted by molar-refractivity contribution is 5.91. The van der Waals surface area contributed by atoms with Gasteiger partial charge in [-0.2, -0.15) is 0 Å². The number of carbonyl (C=O) groups is 1. The first-order valence-electron chi connectivity index (χ1n) is 8.31. The van der Waals surface area contributed by atoms with Crippen LogP contribution in [0.4, 0.5) is 5.69 Å². The number of ether oxygens (including phenoxy) is 1. The summed E-state index contributed by atoms with van der Waals surface area (Å²) in [6.45, 7) is 3.15. The molecule has 128 valence electrons. The maximum absolute atomic E-state index is 12.0. The number of hydrogen-bond acceptors (Lipinski definition) is 3. The molecule has 0 radical (unpaired) electrons. The van der Waals surface area contributed by atoms with Crippen molar-refractivity contribution in [3.63, 3.8) is 0 Å².